The highest BCUT2D eigenvalue weighted by atomic mass is 19.1. The van der Waals surface area contributed by atoms with Crippen molar-refractivity contribution in [1.29, 1.82) is 0 Å². The van der Waals surface area contributed by atoms with E-state index in [9.17, 15) is 14.0 Å². The molecule has 0 saturated carbocycles. The van der Waals surface area contributed by atoms with Gasteiger partial charge in [0, 0.05) is 30.1 Å². The number of amides is 1. The molecule has 0 aliphatic rings. The number of carboxylic acids is 1. The molecule has 2 rings (SSSR count). The molecule has 0 saturated heterocycles. The number of benzene rings is 1. The molecule has 0 bridgehead atoms. The van der Waals surface area contributed by atoms with Gasteiger partial charge < -0.3 is 15.4 Å². The van der Waals surface area contributed by atoms with Gasteiger partial charge in [-0.25, -0.2) is 4.39 Å². The highest BCUT2D eigenvalue weighted by Crippen LogP contribution is 2.19. The fourth-order valence-corrected chi connectivity index (χ4v) is 2.01. The Morgan fingerprint density at radius 1 is 1.35 bits per heavy atom. The van der Waals surface area contributed by atoms with Crippen LogP contribution in [0.3, 0.4) is 0 Å². The maximum Gasteiger partial charge on any atom is 0.303 e. The molecule has 0 unspecified atom stereocenters. The Hall–Kier alpha value is -2.37. The van der Waals surface area contributed by atoms with E-state index in [1.165, 1.54) is 12.1 Å². The Bertz CT molecular complexity index is 636. The quantitative estimate of drug-likeness (QED) is 0.705. The molecule has 6 heteroatoms. The minimum absolute atomic E-state index is 0.0344. The van der Waals surface area contributed by atoms with Crippen LogP contribution < -0.4 is 5.32 Å². The minimum Gasteiger partial charge on any atom is -0.481 e. The van der Waals surface area contributed by atoms with Crippen molar-refractivity contribution in [2.45, 2.75) is 19.3 Å². The lowest BCUT2D eigenvalue weighted by Gasteiger charge is -2.03. The number of rotatable bonds is 6. The number of carbonyl (C=O) groups is 2. The SMILES string of the molecule is O=C(O)CCCNC(=O)Cc1c[nH]c2cc(F)ccc12. The predicted molar refractivity (Wildman–Crippen MR) is 71.8 cm³/mol. The van der Waals surface area contributed by atoms with Gasteiger partial charge in [-0.05, 0) is 30.2 Å². The van der Waals surface area contributed by atoms with Gasteiger partial charge in [-0.15, -0.1) is 0 Å². The van der Waals surface area contributed by atoms with E-state index >= 15 is 0 Å². The molecule has 2 aromatic rings. The maximum atomic E-state index is 13.0. The van der Waals surface area contributed by atoms with Gasteiger partial charge in [-0.1, -0.05) is 0 Å². The molecule has 1 amide bonds. The van der Waals surface area contributed by atoms with Crippen molar-refractivity contribution >= 4 is 22.8 Å². The first-order valence-electron chi connectivity index (χ1n) is 6.30. The van der Waals surface area contributed by atoms with E-state index in [0.29, 0.717) is 18.5 Å². The molecular weight excluding hydrogens is 263 g/mol. The van der Waals surface area contributed by atoms with E-state index in [1.807, 2.05) is 0 Å². The number of aliphatic carboxylic acids is 1. The minimum atomic E-state index is -0.877. The van der Waals surface area contributed by atoms with Crippen LogP contribution in [0, 0.1) is 5.82 Å². The first-order valence-corrected chi connectivity index (χ1v) is 6.30. The molecule has 20 heavy (non-hydrogen) atoms. The lowest BCUT2D eigenvalue weighted by atomic mass is 10.1. The molecule has 1 aromatic carbocycles. The summed E-state index contributed by atoms with van der Waals surface area (Å²) in [6, 6.07) is 4.36. The van der Waals surface area contributed by atoms with Crippen LogP contribution in [0.5, 0.6) is 0 Å². The van der Waals surface area contributed by atoms with Gasteiger partial charge in [0.25, 0.3) is 0 Å². The summed E-state index contributed by atoms with van der Waals surface area (Å²) in [6.45, 7) is 0.335. The topological polar surface area (TPSA) is 82.2 Å². The largest absolute Gasteiger partial charge is 0.481 e. The fraction of sp³-hybridized carbons (Fsp3) is 0.286. The smallest absolute Gasteiger partial charge is 0.303 e. The summed E-state index contributed by atoms with van der Waals surface area (Å²) in [5, 5.41) is 12.0. The second kappa shape index (κ2) is 6.18. The number of nitrogens with one attached hydrogen (secondary N) is 2. The van der Waals surface area contributed by atoms with Crippen molar-refractivity contribution in [1.82, 2.24) is 10.3 Å². The van der Waals surface area contributed by atoms with E-state index < -0.39 is 5.97 Å². The number of aromatic amines is 1. The van der Waals surface area contributed by atoms with Crippen LogP contribution in [0.25, 0.3) is 10.9 Å². The molecular formula is C14H15FN2O3. The number of carboxylic acid groups (broad SMARTS) is 1. The van der Waals surface area contributed by atoms with Gasteiger partial charge in [-0.3, -0.25) is 9.59 Å². The Balaban J connectivity index is 1.91. The summed E-state index contributed by atoms with van der Waals surface area (Å²) in [7, 11) is 0. The van der Waals surface area contributed by atoms with E-state index in [1.54, 1.807) is 12.3 Å². The van der Waals surface area contributed by atoms with E-state index in [4.69, 9.17) is 5.11 Å². The van der Waals surface area contributed by atoms with Crippen molar-refractivity contribution in [2.24, 2.45) is 0 Å². The van der Waals surface area contributed by atoms with Gasteiger partial charge in [0.1, 0.15) is 5.82 Å². The van der Waals surface area contributed by atoms with Gasteiger partial charge >= 0.3 is 5.97 Å². The average molecular weight is 278 g/mol. The summed E-state index contributed by atoms with van der Waals surface area (Å²) in [6.07, 6.45) is 2.30. The Morgan fingerprint density at radius 3 is 2.90 bits per heavy atom. The summed E-state index contributed by atoms with van der Waals surface area (Å²) < 4.78 is 13.0. The van der Waals surface area contributed by atoms with Crippen LogP contribution >= 0.6 is 0 Å². The molecule has 1 heterocycles. The molecule has 1 aromatic heterocycles. The normalized spacial score (nSPS) is 10.7. The van der Waals surface area contributed by atoms with Gasteiger partial charge in [0.15, 0.2) is 0 Å². The lowest BCUT2D eigenvalue weighted by molar-refractivity contribution is -0.137. The van der Waals surface area contributed by atoms with Crippen molar-refractivity contribution < 1.29 is 19.1 Å². The van der Waals surface area contributed by atoms with Crippen LogP contribution in [0.4, 0.5) is 4.39 Å². The average Bonchev–Trinajstić information content (AvgIpc) is 2.77. The van der Waals surface area contributed by atoms with Gasteiger partial charge in [-0.2, -0.15) is 0 Å². The molecule has 0 atom stereocenters. The predicted octanol–water partition coefficient (Wildman–Crippen LogP) is 1.83. The summed E-state index contributed by atoms with van der Waals surface area (Å²) >= 11 is 0. The number of carbonyl (C=O) groups excluding carboxylic acids is 1. The second-order valence-corrected chi connectivity index (χ2v) is 4.53. The van der Waals surface area contributed by atoms with Crippen LogP contribution in [-0.2, 0) is 16.0 Å². The molecule has 0 aliphatic heterocycles. The number of aromatic nitrogens is 1. The zero-order valence-electron chi connectivity index (χ0n) is 10.8. The maximum absolute atomic E-state index is 13.0. The Kier molecular flexibility index (Phi) is 4.34. The lowest BCUT2D eigenvalue weighted by Crippen LogP contribution is -2.26. The van der Waals surface area contributed by atoms with Gasteiger partial charge in [0.05, 0.1) is 6.42 Å². The van der Waals surface area contributed by atoms with E-state index in [0.717, 1.165) is 10.9 Å². The summed E-state index contributed by atoms with van der Waals surface area (Å²) in [5.74, 6) is -1.39. The summed E-state index contributed by atoms with van der Waals surface area (Å²) in [5.41, 5.74) is 1.44. The van der Waals surface area contributed by atoms with Crippen molar-refractivity contribution in [3.05, 3.63) is 35.8 Å². The molecule has 0 aliphatic carbocycles. The Morgan fingerprint density at radius 2 is 2.15 bits per heavy atom. The van der Waals surface area contributed by atoms with Crippen molar-refractivity contribution in [2.75, 3.05) is 6.54 Å². The number of hydrogen-bond donors (Lipinski definition) is 3. The number of fused-ring (bicyclic) bond motifs is 1. The van der Waals surface area contributed by atoms with Crippen LogP contribution in [0.15, 0.2) is 24.4 Å². The van der Waals surface area contributed by atoms with Crippen molar-refractivity contribution in [3.63, 3.8) is 0 Å². The fourth-order valence-electron chi connectivity index (χ4n) is 2.01. The zero-order valence-corrected chi connectivity index (χ0v) is 10.8. The standard InChI is InChI=1S/C14H15FN2O3/c15-10-3-4-11-9(8-17-12(11)7-10)6-13(18)16-5-1-2-14(19)20/h3-4,7-8,17H,1-2,5-6H2,(H,16,18)(H,19,20). The Labute approximate surface area is 114 Å². The molecule has 3 N–H and O–H groups in total. The molecule has 5 nitrogen and oxygen atoms in total. The molecule has 0 fully saturated rings. The number of hydrogen-bond acceptors (Lipinski definition) is 2. The molecule has 0 radical (unpaired) electrons. The van der Waals surface area contributed by atoms with Crippen molar-refractivity contribution in [3.8, 4) is 0 Å². The molecule has 0 spiro atoms. The van der Waals surface area contributed by atoms with Crippen LogP contribution in [0.1, 0.15) is 18.4 Å². The third kappa shape index (κ3) is 3.57. The highest BCUT2D eigenvalue weighted by molar-refractivity contribution is 5.88. The summed E-state index contributed by atoms with van der Waals surface area (Å²) in [4.78, 5) is 25.0. The molecule has 106 valence electrons. The second-order valence-electron chi connectivity index (χ2n) is 4.53. The number of halogens is 1. The number of H-pyrrole nitrogens is 1. The van der Waals surface area contributed by atoms with E-state index in [-0.39, 0.29) is 24.6 Å². The third-order valence-electron chi connectivity index (χ3n) is 2.97. The first kappa shape index (κ1) is 14.0. The van der Waals surface area contributed by atoms with Crippen LogP contribution in [-0.4, -0.2) is 28.5 Å². The van der Waals surface area contributed by atoms with E-state index in [2.05, 4.69) is 10.3 Å². The van der Waals surface area contributed by atoms with Crippen LogP contribution in [0.2, 0.25) is 0 Å². The first-order chi connectivity index (χ1) is 9.56. The third-order valence-corrected chi connectivity index (χ3v) is 2.97. The van der Waals surface area contributed by atoms with Gasteiger partial charge in [0.2, 0.25) is 5.91 Å². The monoisotopic (exact) mass is 278 g/mol. The highest BCUT2D eigenvalue weighted by Gasteiger charge is 2.09. The zero-order chi connectivity index (χ0) is 14.5.